The van der Waals surface area contributed by atoms with Crippen LogP contribution in [-0.2, 0) is 16.1 Å². The molecule has 7 nitrogen and oxygen atoms in total. The molecular weight excluding hydrogens is 429 g/mol. The van der Waals surface area contributed by atoms with Gasteiger partial charge in [-0.05, 0) is 60.7 Å². The second-order valence-electron chi connectivity index (χ2n) is 7.14. The Morgan fingerprint density at radius 1 is 0.939 bits per heavy atom. The van der Waals surface area contributed by atoms with Gasteiger partial charge < -0.3 is 19.2 Å². The zero-order valence-corrected chi connectivity index (χ0v) is 17.5. The Labute approximate surface area is 187 Å². The van der Waals surface area contributed by atoms with Gasteiger partial charge in [0.25, 0.3) is 0 Å². The van der Waals surface area contributed by atoms with E-state index >= 15 is 0 Å². The molecule has 1 N–H and O–H groups in total. The van der Waals surface area contributed by atoms with Gasteiger partial charge in [-0.1, -0.05) is 0 Å². The molecule has 0 unspecified atom stereocenters. The van der Waals surface area contributed by atoms with E-state index in [2.05, 4.69) is 5.32 Å². The van der Waals surface area contributed by atoms with Gasteiger partial charge in [-0.25, -0.2) is 14.0 Å². The number of carbonyl (C=O) groups is 2. The number of anilines is 1. The third kappa shape index (κ3) is 5.43. The van der Waals surface area contributed by atoms with Gasteiger partial charge in [0.1, 0.15) is 29.5 Å². The summed E-state index contributed by atoms with van der Waals surface area (Å²) in [6.07, 6.45) is 0. The predicted molar refractivity (Wildman–Crippen MR) is 119 cm³/mol. The SMILES string of the molecule is CC(=O)Nc1ccc2c(COC(=O)c3ccc(Oc4ccc(F)cc4)cc3)cc(=O)oc2c1. The summed E-state index contributed by atoms with van der Waals surface area (Å²) in [4.78, 5) is 35.6. The summed E-state index contributed by atoms with van der Waals surface area (Å²) in [6.45, 7) is 1.23. The molecule has 0 saturated carbocycles. The highest BCUT2D eigenvalue weighted by Gasteiger charge is 2.12. The smallest absolute Gasteiger partial charge is 0.338 e. The van der Waals surface area contributed by atoms with E-state index in [0.717, 1.165) is 0 Å². The molecule has 1 amide bonds. The van der Waals surface area contributed by atoms with E-state index in [1.54, 1.807) is 36.4 Å². The molecule has 4 rings (SSSR count). The first kappa shape index (κ1) is 21.8. The zero-order chi connectivity index (χ0) is 23.4. The molecule has 0 aliphatic carbocycles. The van der Waals surface area contributed by atoms with Crippen molar-refractivity contribution in [3.63, 3.8) is 0 Å². The first-order valence-electron chi connectivity index (χ1n) is 9.92. The molecule has 1 aromatic heterocycles. The first-order valence-corrected chi connectivity index (χ1v) is 9.92. The quantitative estimate of drug-likeness (QED) is 0.329. The Morgan fingerprint density at radius 2 is 1.61 bits per heavy atom. The average molecular weight is 447 g/mol. The molecule has 166 valence electrons. The van der Waals surface area contributed by atoms with Crippen molar-refractivity contribution in [1.29, 1.82) is 0 Å². The topological polar surface area (TPSA) is 94.8 Å². The summed E-state index contributed by atoms with van der Waals surface area (Å²) < 4.78 is 29.2. The normalized spacial score (nSPS) is 10.6. The average Bonchev–Trinajstić information content (AvgIpc) is 2.78. The lowest BCUT2D eigenvalue weighted by Gasteiger charge is -2.09. The summed E-state index contributed by atoms with van der Waals surface area (Å²) in [7, 11) is 0. The van der Waals surface area contributed by atoms with Gasteiger partial charge in [0.05, 0.1) is 5.56 Å². The minimum absolute atomic E-state index is 0.145. The van der Waals surface area contributed by atoms with E-state index in [-0.39, 0.29) is 23.9 Å². The molecule has 0 bridgehead atoms. The van der Waals surface area contributed by atoms with E-state index in [1.807, 2.05) is 0 Å². The van der Waals surface area contributed by atoms with E-state index < -0.39 is 11.6 Å². The Balaban J connectivity index is 1.45. The summed E-state index contributed by atoms with van der Waals surface area (Å²) >= 11 is 0. The lowest BCUT2D eigenvalue weighted by atomic mass is 10.1. The van der Waals surface area contributed by atoms with E-state index in [1.165, 1.54) is 43.3 Å². The minimum Gasteiger partial charge on any atom is -0.457 e. The van der Waals surface area contributed by atoms with Crippen molar-refractivity contribution >= 4 is 28.5 Å². The number of carbonyl (C=O) groups excluding carboxylic acids is 2. The Morgan fingerprint density at radius 3 is 2.27 bits per heavy atom. The summed E-state index contributed by atoms with van der Waals surface area (Å²) in [6, 6.07) is 18.0. The molecule has 0 aliphatic rings. The van der Waals surface area contributed by atoms with Crippen LogP contribution in [0.1, 0.15) is 22.8 Å². The molecule has 0 aliphatic heterocycles. The number of amides is 1. The maximum atomic E-state index is 13.0. The number of esters is 1. The highest BCUT2D eigenvalue weighted by atomic mass is 19.1. The molecule has 0 radical (unpaired) electrons. The van der Waals surface area contributed by atoms with Gasteiger partial charge in [0.2, 0.25) is 5.91 Å². The second kappa shape index (κ2) is 9.35. The minimum atomic E-state index is -0.601. The predicted octanol–water partition coefficient (Wildman–Crippen LogP) is 5.04. The van der Waals surface area contributed by atoms with Crippen molar-refractivity contribution in [2.75, 3.05) is 5.32 Å². The number of benzene rings is 3. The van der Waals surface area contributed by atoms with Gasteiger partial charge in [-0.2, -0.15) is 0 Å². The summed E-state index contributed by atoms with van der Waals surface area (Å²) in [5.41, 5.74) is 0.912. The van der Waals surface area contributed by atoms with Crippen LogP contribution in [0, 0.1) is 5.82 Å². The number of ether oxygens (including phenoxy) is 2. The van der Waals surface area contributed by atoms with Crippen LogP contribution in [0.25, 0.3) is 11.0 Å². The molecule has 0 fully saturated rings. The molecule has 3 aromatic carbocycles. The molecule has 4 aromatic rings. The van der Waals surface area contributed by atoms with Crippen molar-refractivity contribution in [3.05, 3.63) is 100 Å². The Bertz CT molecular complexity index is 1380. The van der Waals surface area contributed by atoms with E-state index in [0.29, 0.717) is 33.7 Å². The number of hydrogen-bond acceptors (Lipinski definition) is 6. The van der Waals surface area contributed by atoms with Gasteiger partial charge in [-0.15, -0.1) is 0 Å². The van der Waals surface area contributed by atoms with Crippen molar-refractivity contribution in [1.82, 2.24) is 0 Å². The fourth-order valence-corrected chi connectivity index (χ4v) is 3.15. The lowest BCUT2D eigenvalue weighted by Crippen LogP contribution is -2.09. The van der Waals surface area contributed by atoms with Crippen molar-refractivity contribution in [2.24, 2.45) is 0 Å². The number of halogens is 1. The van der Waals surface area contributed by atoms with Gasteiger partial charge >= 0.3 is 11.6 Å². The largest absolute Gasteiger partial charge is 0.457 e. The molecule has 0 saturated heterocycles. The maximum Gasteiger partial charge on any atom is 0.338 e. The molecular formula is C25H18FNO6. The zero-order valence-electron chi connectivity index (χ0n) is 17.5. The van der Waals surface area contributed by atoms with E-state index in [9.17, 15) is 18.8 Å². The molecule has 8 heteroatoms. The summed E-state index contributed by atoms with van der Waals surface area (Å²) in [5, 5.41) is 3.20. The van der Waals surface area contributed by atoms with Crippen LogP contribution in [0.5, 0.6) is 11.5 Å². The Kier molecular flexibility index (Phi) is 6.17. The molecule has 0 atom stereocenters. The van der Waals surface area contributed by atoms with Crippen molar-refractivity contribution in [3.8, 4) is 11.5 Å². The number of hydrogen-bond donors (Lipinski definition) is 1. The summed E-state index contributed by atoms with van der Waals surface area (Å²) in [5.74, 6) is -0.268. The van der Waals surface area contributed by atoms with Crippen molar-refractivity contribution < 1.29 is 27.9 Å². The van der Waals surface area contributed by atoms with Crippen molar-refractivity contribution in [2.45, 2.75) is 13.5 Å². The van der Waals surface area contributed by atoms with Crippen LogP contribution < -0.4 is 15.7 Å². The molecule has 0 spiro atoms. The first-order chi connectivity index (χ1) is 15.9. The highest BCUT2D eigenvalue weighted by molar-refractivity contribution is 5.92. The van der Waals surface area contributed by atoms with Gasteiger partial charge in [-0.3, -0.25) is 4.79 Å². The third-order valence-electron chi connectivity index (χ3n) is 4.65. The van der Waals surface area contributed by atoms with Gasteiger partial charge in [0.15, 0.2) is 0 Å². The second-order valence-corrected chi connectivity index (χ2v) is 7.14. The van der Waals surface area contributed by atoms with Crippen LogP contribution in [0.4, 0.5) is 10.1 Å². The van der Waals surface area contributed by atoms with Crippen LogP contribution in [-0.4, -0.2) is 11.9 Å². The standard InChI is InChI=1S/C25H18FNO6/c1-15(28)27-19-6-11-22-17(12-24(29)33-23(22)13-19)14-31-25(30)16-2-7-20(8-3-16)32-21-9-4-18(26)5-10-21/h2-13H,14H2,1H3,(H,27,28). The van der Waals surface area contributed by atoms with E-state index in [4.69, 9.17) is 13.9 Å². The number of fused-ring (bicyclic) bond motifs is 1. The monoisotopic (exact) mass is 447 g/mol. The Hall–Kier alpha value is -4.46. The molecule has 33 heavy (non-hydrogen) atoms. The maximum absolute atomic E-state index is 13.0. The highest BCUT2D eigenvalue weighted by Crippen LogP contribution is 2.24. The number of nitrogens with one attached hydrogen (secondary N) is 1. The van der Waals surface area contributed by atoms with Crippen LogP contribution in [0.15, 0.2) is 82.0 Å². The lowest BCUT2D eigenvalue weighted by molar-refractivity contribution is -0.114. The third-order valence-corrected chi connectivity index (χ3v) is 4.65. The number of rotatable bonds is 6. The van der Waals surface area contributed by atoms with Gasteiger partial charge in [0, 0.05) is 35.7 Å². The molecule has 1 heterocycles. The fourth-order valence-electron chi connectivity index (χ4n) is 3.15. The fraction of sp³-hybridized carbons (Fsp3) is 0.0800. The van der Waals surface area contributed by atoms with Crippen LogP contribution in [0.2, 0.25) is 0 Å². The van der Waals surface area contributed by atoms with Crippen LogP contribution >= 0.6 is 0 Å². The van der Waals surface area contributed by atoms with Crippen LogP contribution in [0.3, 0.4) is 0 Å².